The Morgan fingerprint density at radius 2 is 2.11 bits per heavy atom. The fraction of sp³-hybridized carbons (Fsp3) is 0.417. The Morgan fingerprint density at radius 3 is 2.63 bits per heavy atom. The molecular weight excluding hydrogens is 363 g/mol. The predicted molar refractivity (Wildman–Crippen MR) is 78.9 cm³/mol. The van der Waals surface area contributed by atoms with Gasteiger partial charge in [0.1, 0.15) is 5.60 Å². The maximum absolute atomic E-state index is 11.5. The van der Waals surface area contributed by atoms with Crippen LogP contribution in [-0.4, -0.2) is 16.6 Å². The van der Waals surface area contributed by atoms with E-state index in [4.69, 9.17) is 4.74 Å². The van der Waals surface area contributed by atoms with Crippen LogP contribution in [0.2, 0.25) is 0 Å². The van der Waals surface area contributed by atoms with Gasteiger partial charge in [-0.05, 0) is 55.0 Å². The van der Waals surface area contributed by atoms with Crippen molar-refractivity contribution in [1.29, 1.82) is 0 Å². The molecule has 0 radical (unpaired) electrons. The summed E-state index contributed by atoms with van der Waals surface area (Å²) in [6.45, 7) is 5.49. The number of ether oxygens (including phenoxy) is 1. The Balaban J connectivity index is 2.70. The van der Waals surface area contributed by atoms with Crippen LogP contribution in [0.3, 0.4) is 0 Å². The van der Waals surface area contributed by atoms with E-state index >= 15 is 0 Å². The first-order valence-corrected chi connectivity index (χ1v) is 6.66. The fourth-order valence-electron chi connectivity index (χ4n) is 1.29. The molecule has 0 saturated heterocycles. The van der Waals surface area contributed by atoms with Crippen molar-refractivity contribution in [2.24, 2.45) is 0 Å². The van der Waals surface area contributed by atoms with Gasteiger partial charge in [0.25, 0.3) is 5.69 Å². The van der Waals surface area contributed by atoms with Gasteiger partial charge in [0, 0.05) is 22.2 Å². The lowest BCUT2D eigenvalue weighted by Gasteiger charge is -2.19. The van der Waals surface area contributed by atoms with Crippen LogP contribution in [0.15, 0.2) is 18.2 Å². The highest BCUT2D eigenvalue weighted by atomic mass is 127. The molecule has 0 aromatic heterocycles. The molecule has 104 valence electrons. The normalized spacial score (nSPS) is 10.9. The molecule has 7 heteroatoms. The number of nitro benzene ring substituents is 1. The largest absolute Gasteiger partial charge is 0.444 e. The molecule has 0 aliphatic rings. The second kappa shape index (κ2) is 6.18. The van der Waals surface area contributed by atoms with Crippen molar-refractivity contribution in [2.75, 3.05) is 0 Å². The quantitative estimate of drug-likeness (QED) is 0.498. The summed E-state index contributed by atoms with van der Waals surface area (Å²) in [6, 6.07) is 4.52. The molecule has 0 bridgehead atoms. The monoisotopic (exact) mass is 378 g/mol. The van der Waals surface area contributed by atoms with E-state index in [1.165, 1.54) is 12.1 Å². The molecule has 0 atom stereocenters. The minimum Gasteiger partial charge on any atom is -0.444 e. The molecule has 0 aliphatic heterocycles. The molecule has 1 rings (SSSR count). The molecule has 0 saturated carbocycles. The van der Waals surface area contributed by atoms with Gasteiger partial charge < -0.3 is 10.1 Å². The molecule has 6 nitrogen and oxygen atoms in total. The summed E-state index contributed by atoms with van der Waals surface area (Å²) in [5.41, 5.74) is 0.113. The molecule has 0 heterocycles. The number of nitro groups is 1. The maximum atomic E-state index is 11.5. The minimum absolute atomic E-state index is 0.00130. The van der Waals surface area contributed by atoms with Crippen LogP contribution < -0.4 is 5.32 Å². The molecule has 1 aromatic rings. The van der Waals surface area contributed by atoms with Crippen molar-refractivity contribution in [2.45, 2.75) is 32.9 Å². The lowest BCUT2D eigenvalue weighted by molar-refractivity contribution is -0.384. The molecule has 1 N–H and O–H groups in total. The summed E-state index contributed by atoms with van der Waals surface area (Å²) in [6.07, 6.45) is -0.546. The Morgan fingerprint density at radius 1 is 1.47 bits per heavy atom. The van der Waals surface area contributed by atoms with Gasteiger partial charge in [-0.25, -0.2) is 4.79 Å². The summed E-state index contributed by atoms with van der Waals surface area (Å²) in [5, 5.41) is 13.3. The molecule has 0 unspecified atom stereocenters. The number of halogens is 1. The van der Waals surface area contributed by atoms with Crippen molar-refractivity contribution < 1.29 is 14.5 Å². The number of amides is 1. The van der Waals surface area contributed by atoms with Gasteiger partial charge in [-0.3, -0.25) is 10.1 Å². The van der Waals surface area contributed by atoms with Gasteiger partial charge in [0.15, 0.2) is 0 Å². The van der Waals surface area contributed by atoms with E-state index in [1.807, 2.05) is 0 Å². The van der Waals surface area contributed by atoms with Crippen LogP contribution in [0.4, 0.5) is 10.5 Å². The van der Waals surface area contributed by atoms with E-state index in [0.717, 1.165) is 3.57 Å². The second-order valence-corrected chi connectivity index (χ2v) is 6.05. The number of benzene rings is 1. The number of carbonyl (C=O) groups excluding carboxylic acids is 1. The first-order chi connectivity index (χ1) is 8.69. The summed E-state index contributed by atoms with van der Waals surface area (Å²) in [7, 11) is 0. The third-order valence-corrected chi connectivity index (χ3v) is 3.11. The lowest BCUT2D eigenvalue weighted by atomic mass is 10.2. The number of hydrogen-bond acceptors (Lipinski definition) is 4. The number of non-ortho nitro benzene ring substituents is 1. The van der Waals surface area contributed by atoms with E-state index < -0.39 is 16.6 Å². The lowest BCUT2D eigenvalue weighted by Crippen LogP contribution is -2.32. The zero-order valence-corrected chi connectivity index (χ0v) is 13.1. The van der Waals surface area contributed by atoms with Gasteiger partial charge in [0.2, 0.25) is 0 Å². The zero-order chi connectivity index (χ0) is 14.6. The first kappa shape index (κ1) is 15.7. The Bertz CT molecular complexity index is 497. The van der Waals surface area contributed by atoms with E-state index in [0.29, 0.717) is 5.56 Å². The van der Waals surface area contributed by atoms with E-state index in [-0.39, 0.29) is 12.2 Å². The van der Waals surface area contributed by atoms with Crippen molar-refractivity contribution in [3.63, 3.8) is 0 Å². The highest BCUT2D eigenvalue weighted by Crippen LogP contribution is 2.19. The number of alkyl carbamates (subject to hydrolysis) is 1. The molecule has 0 aliphatic carbocycles. The summed E-state index contributed by atoms with van der Waals surface area (Å²) < 4.78 is 5.94. The van der Waals surface area contributed by atoms with Crippen molar-refractivity contribution in [1.82, 2.24) is 5.32 Å². The third kappa shape index (κ3) is 5.41. The molecular formula is C12H15IN2O4. The average Bonchev–Trinajstić information content (AvgIpc) is 2.25. The Hall–Kier alpha value is -1.38. The Kier molecular flexibility index (Phi) is 5.10. The summed E-state index contributed by atoms with van der Waals surface area (Å²) in [4.78, 5) is 21.7. The predicted octanol–water partition coefficient (Wildman–Crippen LogP) is 3.22. The molecule has 0 fully saturated rings. The van der Waals surface area contributed by atoms with E-state index in [1.54, 1.807) is 26.8 Å². The second-order valence-electron chi connectivity index (χ2n) is 4.89. The van der Waals surface area contributed by atoms with Gasteiger partial charge in [-0.1, -0.05) is 0 Å². The smallest absolute Gasteiger partial charge is 0.407 e. The summed E-state index contributed by atoms with van der Waals surface area (Å²) in [5.74, 6) is 0. The minimum atomic E-state index is -0.570. The van der Waals surface area contributed by atoms with Crippen molar-refractivity contribution >= 4 is 34.4 Å². The average molecular weight is 378 g/mol. The zero-order valence-electron chi connectivity index (χ0n) is 10.9. The maximum Gasteiger partial charge on any atom is 0.407 e. The van der Waals surface area contributed by atoms with Crippen LogP contribution in [-0.2, 0) is 11.3 Å². The van der Waals surface area contributed by atoms with Crippen LogP contribution >= 0.6 is 22.6 Å². The third-order valence-electron chi connectivity index (χ3n) is 2.06. The number of carbonyl (C=O) groups is 1. The van der Waals surface area contributed by atoms with Gasteiger partial charge in [-0.2, -0.15) is 0 Å². The van der Waals surface area contributed by atoms with Crippen LogP contribution in [0.25, 0.3) is 0 Å². The van der Waals surface area contributed by atoms with E-state index in [2.05, 4.69) is 27.9 Å². The SMILES string of the molecule is CC(C)(C)OC(=O)NCc1cc([N+](=O)[O-])ccc1I. The fourth-order valence-corrected chi connectivity index (χ4v) is 1.82. The number of hydrogen-bond donors (Lipinski definition) is 1. The Labute approximate surface area is 124 Å². The topological polar surface area (TPSA) is 81.5 Å². The number of nitrogens with zero attached hydrogens (tertiary/aromatic N) is 1. The van der Waals surface area contributed by atoms with Crippen LogP contribution in [0.1, 0.15) is 26.3 Å². The molecule has 0 spiro atoms. The summed E-state index contributed by atoms with van der Waals surface area (Å²) >= 11 is 2.06. The molecule has 1 aromatic carbocycles. The van der Waals surface area contributed by atoms with Crippen LogP contribution in [0, 0.1) is 13.7 Å². The standard InChI is InChI=1S/C12H15IN2O4/c1-12(2,3)19-11(16)14-7-8-6-9(15(17)18)4-5-10(8)13/h4-6H,7H2,1-3H3,(H,14,16). The first-order valence-electron chi connectivity index (χ1n) is 5.59. The van der Waals surface area contributed by atoms with E-state index in [9.17, 15) is 14.9 Å². The molecule has 19 heavy (non-hydrogen) atoms. The highest BCUT2D eigenvalue weighted by Gasteiger charge is 2.16. The number of rotatable bonds is 3. The molecule has 1 amide bonds. The van der Waals surface area contributed by atoms with Gasteiger partial charge in [-0.15, -0.1) is 0 Å². The van der Waals surface area contributed by atoms with Crippen molar-refractivity contribution in [3.8, 4) is 0 Å². The van der Waals surface area contributed by atoms with Gasteiger partial charge >= 0.3 is 6.09 Å². The van der Waals surface area contributed by atoms with Crippen LogP contribution in [0.5, 0.6) is 0 Å². The number of nitrogens with one attached hydrogen (secondary N) is 1. The van der Waals surface area contributed by atoms with Gasteiger partial charge in [0.05, 0.1) is 4.92 Å². The highest BCUT2D eigenvalue weighted by molar-refractivity contribution is 14.1. The van der Waals surface area contributed by atoms with Crippen molar-refractivity contribution in [3.05, 3.63) is 37.4 Å².